The molecule has 0 atom stereocenters. The van der Waals surface area contributed by atoms with Gasteiger partial charge in [0.2, 0.25) is 0 Å². The molecule has 0 radical (unpaired) electrons. The molecule has 3 aromatic rings. The Labute approximate surface area is 137 Å². The molecular weight excluding hydrogens is 282 g/mol. The highest BCUT2D eigenvalue weighted by Gasteiger charge is 2.23. The van der Waals surface area contributed by atoms with E-state index in [1.807, 2.05) is 0 Å². The first-order chi connectivity index (χ1) is 11.2. The molecule has 0 aliphatic carbocycles. The monoisotopic (exact) mass is 305 g/mol. The smallest absolute Gasteiger partial charge is 0.136 e. The van der Waals surface area contributed by atoms with E-state index in [0.717, 1.165) is 18.7 Å². The Balaban J connectivity index is 1.49. The van der Waals surface area contributed by atoms with E-state index in [1.54, 1.807) is 0 Å². The van der Waals surface area contributed by atoms with Crippen LogP contribution < -0.4 is 4.90 Å². The highest BCUT2D eigenvalue weighted by Crippen LogP contribution is 2.30. The molecule has 3 heteroatoms. The van der Waals surface area contributed by atoms with Gasteiger partial charge < -0.3 is 9.30 Å². The van der Waals surface area contributed by atoms with Gasteiger partial charge in [0.1, 0.15) is 5.65 Å². The Bertz CT molecular complexity index is 793. The number of pyridine rings is 1. The molecule has 23 heavy (non-hydrogen) atoms. The largest absolute Gasteiger partial charge is 0.371 e. The van der Waals surface area contributed by atoms with E-state index >= 15 is 0 Å². The van der Waals surface area contributed by atoms with Gasteiger partial charge in [-0.2, -0.15) is 0 Å². The molecule has 1 aliphatic rings. The van der Waals surface area contributed by atoms with E-state index in [1.165, 1.54) is 35.3 Å². The molecule has 4 rings (SSSR count). The topological polar surface area (TPSA) is 20.5 Å². The van der Waals surface area contributed by atoms with Crippen molar-refractivity contribution in [1.82, 2.24) is 9.38 Å². The number of hydrogen-bond donors (Lipinski definition) is 0. The summed E-state index contributed by atoms with van der Waals surface area (Å²) >= 11 is 0. The van der Waals surface area contributed by atoms with Gasteiger partial charge in [0.25, 0.3) is 0 Å². The standard InChI is InChI=1S/C20H23N3/c1-15-6-7-18(13-16(15)2)22-11-8-17(9-12-22)19-14-23-10-4-3-5-20(23)21-19/h3-7,10,13-14,17H,8-9,11-12H2,1-2H3. The van der Waals surface area contributed by atoms with Gasteiger partial charge in [-0.25, -0.2) is 4.98 Å². The fraction of sp³-hybridized carbons (Fsp3) is 0.350. The lowest BCUT2D eigenvalue weighted by atomic mass is 9.93. The van der Waals surface area contributed by atoms with Crippen molar-refractivity contribution in [3.05, 3.63) is 65.6 Å². The van der Waals surface area contributed by atoms with Crippen LogP contribution in [0.3, 0.4) is 0 Å². The Morgan fingerprint density at radius 2 is 1.83 bits per heavy atom. The minimum atomic E-state index is 0.581. The van der Waals surface area contributed by atoms with Gasteiger partial charge in [-0.3, -0.25) is 0 Å². The molecule has 0 bridgehead atoms. The number of rotatable bonds is 2. The van der Waals surface area contributed by atoms with Crippen molar-refractivity contribution in [1.29, 1.82) is 0 Å². The zero-order valence-corrected chi connectivity index (χ0v) is 13.9. The molecule has 118 valence electrons. The summed E-state index contributed by atoms with van der Waals surface area (Å²) in [5.41, 5.74) is 6.41. The number of piperidine rings is 1. The van der Waals surface area contributed by atoms with Crippen LogP contribution in [0.4, 0.5) is 5.69 Å². The van der Waals surface area contributed by atoms with Gasteiger partial charge in [-0.15, -0.1) is 0 Å². The number of hydrogen-bond acceptors (Lipinski definition) is 2. The predicted octanol–water partition coefficient (Wildman–Crippen LogP) is 4.34. The average molecular weight is 305 g/mol. The number of nitrogens with zero attached hydrogens (tertiary/aromatic N) is 3. The van der Waals surface area contributed by atoms with Crippen molar-refractivity contribution in [2.24, 2.45) is 0 Å². The van der Waals surface area contributed by atoms with E-state index in [2.05, 4.69) is 71.9 Å². The Morgan fingerprint density at radius 1 is 1.00 bits per heavy atom. The first-order valence-corrected chi connectivity index (χ1v) is 8.46. The van der Waals surface area contributed by atoms with E-state index in [4.69, 9.17) is 4.98 Å². The zero-order chi connectivity index (χ0) is 15.8. The Kier molecular flexibility index (Phi) is 3.56. The van der Waals surface area contributed by atoms with Crippen LogP contribution in [0.25, 0.3) is 5.65 Å². The fourth-order valence-corrected chi connectivity index (χ4v) is 3.51. The second-order valence-electron chi connectivity index (χ2n) is 6.66. The molecule has 1 aromatic carbocycles. The summed E-state index contributed by atoms with van der Waals surface area (Å²) in [7, 11) is 0. The maximum absolute atomic E-state index is 4.80. The highest BCUT2D eigenvalue weighted by atomic mass is 15.1. The number of anilines is 1. The van der Waals surface area contributed by atoms with Crippen LogP contribution in [-0.4, -0.2) is 22.5 Å². The summed E-state index contributed by atoms with van der Waals surface area (Å²) in [5.74, 6) is 0.581. The summed E-state index contributed by atoms with van der Waals surface area (Å²) in [6.07, 6.45) is 6.63. The molecule has 0 N–H and O–H groups in total. The molecule has 1 saturated heterocycles. The molecule has 0 spiro atoms. The van der Waals surface area contributed by atoms with Crippen LogP contribution in [0.5, 0.6) is 0 Å². The van der Waals surface area contributed by atoms with E-state index < -0.39 is 0 Å². The second kappa shape index (κ2) is 5.73. The van der Waals surface area contributed by atoms with Gasteiger partial charge in [0.05, 0.1) is 5.69 Å². The van der Waals surface area contributed by atoms with Crippen LogP contribution in [0.15, 0.2) is 48.8 Å². The average Bonchev–Trinajstić information content (AvgIpc) is 3.02. The number of aryl methyl sites for hydroxylation is 2. The number of fused-ring (bicyclic) bond motifs is 1. The van der Waals surface area contributed by atoms with E-state index in [-0.39, 0.29) is 0 Å². The van der Waals surface area contributed by atoms with Gasteiger partial charge >= 0.3 is 0 Å². The van der Waals surface area contributed by atoms with Crippen molar-refractivity contribution in [3.8, 4) is 0 Å². The minimum Gasteiger partial charge on any atom is -0.371 e. The Morgan fingerprint density at radius 3 is 2.57 bits per heavy atom. The van der Waals surface area contributed by atoms with Gasteiger partial charge in [-0.1, -0.05) is 12.1 Å². The molecule has 0 unspecified atom stereocenters. The third-order valence-electron chi connectivity index (χ3n) is 5.15. The van der Waals surface area contributed by atoms with Crippen molar-refractivity contribution < 1.29 is 0 Å². The summed E-state index contributed by atoms with van der Waals surface area (Å²) in [6.45, 7) is 6.60. The molecular formula is C20H23N3. The van der Waals surface area contributed by atoms with Crippen LogP contribution in [0, 0.1) is 13.8 Å². The fourth-order valence-electron chi connectivity index (χ4n) is 3.51. The van der Waals surface area contributed by atoms with Gasteiger partial charge in [-0.05, 0) is 62.1 Å². The molecule has 0 saturated carbocycles. The van der Waals surface area contributed by atoms with Crippen LogP contribution in [0.2, 0.25) is 0 Å². The number of aromatic nitrogens is 2. The summed E-state index contributed by atoms with van der Waals surface area (Å²) < 4.78 is 2.13. The van der Waals surface area contributed by atoms with E-state index in [9.17, 15) is 0 Å². The van der Waals surface area contributed by atoms with Crippen molar-refractivity contribution in [2.45, 2.75) is 32.6 Å². The second-order valence-corrected chi connectivity index (χ2v) is 6.66. The van der Waals surface area contributed by atoms with Gasteiger partial charge in [0.15, 0.2) is 0 Å². The minimum absolute atomic E-state index is 0.581. The van der Waals surface area contributed by atoms with Crippen molar-refractivity contribution >= 4 is 11.3 Å². The third-order valence-corrected chi connectivity index (χ3v) is 5.15. The number of imidazole rings is 1. The Hall–Kier alpha value is -2.29. The lowest BCUT2D eigenvalue weighted by molar-refractivity contribution is 0.498. The molecule has 1 aliphatic heterocycles. The van der Waals surface area contributed by atoms with Crippen molar-refractivity contribution in [2.75, 3.05) is 18.0 Å². The lowest BCUT2D eigenvalue weighted by Crippen LogP contribution is -2.33. The van der Waals surface area contributed by atoms with Gasteiger partial charge in [0, 0.05) is 37.1 Å². The highest BCUT2D eigenvalue weighted by molar-refractivity contribution is 5.51. The van der Waals surface area contributed by atoms with E-state index in [0.29, 0.717) is 5.92 Å². The quantitative estimate of drug-likeness (QED) is 0.702. The SMILES string of the molecule is Cc1ccc(N2CCC(c3cn4ccccc4n3)CC2)cc1C. The predicted molar refractivity (Wildman–Crippen MR) is 95.3 cm³/mol. The number of benzene rings is 1. The summed E-state index contributed by atoms with van der Waals surface area (Å²) in [4.78, 5) is 7.32. The molecule has 1 fully saturated rings. The maximum atomic E-state index is 4.80. The van der Waals surface area contributed by atoms with Crippen molar-refractivity contribution in [3.63, 3.8) is 0 Å². The van der Waals surface area contributed by atoms with Crippen LogP contribution in [0.1, 0.15) is 35.6 Å². The molecule has 2 aromatic heterocycles. The first kappa shape index (κ1) is 14.3. The van der Waals surface area contributed by atoms with Crippen LogP contribution in [-0.2, 0) is 0 Å². The lowest BCUT2D eigenvalue weighted by Gasteiger charge is -2.33. The van der Waals surface area contributed by atoms with Crippen LogP contribution >= 0.6 is 0 Å². The normalized spacial score (nSPS) is 16.2. The molecule has 0 amide bonds. The zero-order valence-electron chi connectivity index (χ0n) is 13.9. The molecule has 3 nitrogen and oxygen atoms in total. The molecule has 3 heterocycles. The maximum Gasteiger partial charge on any atom is 0.136 e. The summed E-state index contributed by atoms with van der Waals surface area (Å²) in [5, 5.41) is 0. The summed E-state index contributed by atoms with van der Waals surface area (Å²) in [6, 6.07) is 13.0. The first-order valence-electron chi connectivity index (χ1n) is 8.46. The third kappa shape index (κ3) is 2.72.